The lowest BCUT2D eigenvalue weighted by molar-refractivity contribution is -0.116. The van der Waals surface area contributed by atoms with Gasteiger partial charge in [0.15, 0.2) is 17.6 Å². The van der Waals surface area contributed by atoms with E-state index in [1.165, 1.54) is 54.6 Å². The van der Waals surface area contributed by atoms with Crippen molar-refractivity contribution in [3.05, 3.63) is 94.8 Å². The summed E-state index contributed by atoms with van der Waals surface area (Å²) in [5, 5.41) is 2.49. The van der Waals surface area contributed by atoms with Crippen LogP contribution in [0.4, 0.5) is 10.1 Å². The lowest BCUT2D eigenvalue weighted by Gasteiger charge is -2.33. The number of amides is 1. The zero-order valence-electron chi connectivity index (χ0n) is 16.9. The van der Waals surface area contributed by atoms with Crippen LogP contribution in [0.15, 0.2) is 77.7 Å². The Labute approximate surface area is 193 Å². The molecule has 10 heteroatoms. The Hall–Kier alpha value is -3.40. The van der Waals surface area contributed by atoms with E-state index < -0.39 is 45.9 Å². The number of rotatable bonds is 5. The summed E-state index contributed by atoms with van der Waals surface area (Å²) in [5.74, 6) is -2.94. The minimum Gasteiger partial charge on any atom is -0.325 e. The molecule has 1 unspecified atom stereocenters. The number of Topliss-reactive ketones (excluding diaryl/α,β-unsaturated/α-hetero) is 2. The average molecular weight is 487 g/mol. The van der Waals surface area contributed by atoms with Gasteiger partial charge in [-0.3, -0.25) is 14.4 Å². The Morgan fingerprint density at radius 2 is 1.61 bits per heavy atom. The molecule has 1 amide bonds. The van der Waals surface area contributed by atoms with Crippen LogP contribution in [0.5, 0.6) is 0 Å². The summed E-state index contributed by atoms with van der Waals surface area (Å²) in [4.78, 5) is 39.0. The molecular formula is C23H16ClFN2O5S. The maximum absolute atomic E-state index is 13.4. The molecule has 7 nitrogen and oxygen atoms in total. The molecule has 1 heterocycles. The van der Waals surface area contributed by atoms with Gasteiger partial charge < -0.3 is 5.32 Å². The molecule has 0 saturated carbocycles. The van der Waals surface area contributed by atoms with Crippen LogP contribution in [0.2, 0.25) is 5.02 Å². The van der Waals surface area contributed by atoms with Crippen LogP contribution in [0, 0.1) is 5.82 Å². The molecular weight excluding hydrogens is 471 g/mol. The second kappa shape index (κ2) is 8.86. The van der Waals surface area contributed by atoms with Gasteiger partial charge in [-0.15, -0.1) is 0 Å². The predicted octanol–water partition coefficient (Wildman–Crippen LogP) is 3.56. The fourth-order valence-corrected chi connectivity index (χ4v) is 5.48. The van der Waals surface area contributed by atoms with Gasteiger partial charge in [0.25, 0.3) is 0 Å². The van der Waals surface area contributed by atoms with E-state index in [2.05, 4.69) is 5.32 Å². The van der Waals surface area contributed by atoms with Crippen molar-refractivity contribution < 1.29 is 27.2 Å². The molecule has 0 saturated heterocycles. The third-order valence-corrected chi connectivity index (χ3v) is 7.29. The maximum atomic E-state index is 13.4. The summed E-state index contributed by atoms with van der Waals surface area (Å²) in [7, 11) is -4.40. The van der Waals surface area contributed by atoms with Gasteiger partial charge in [-0.25, -0.2) is 12.8 Å². The minimum atomic E-state index is -4.40. The molecule has 33 heavy (non-hydrogen) atoms. The highest BCUT2D eigenvalue weighted by Gasteiger charge is 2.48. The molecule has 1 aliphatic heterocycles. The van der Waals surface area contributed by atoms with Gasteiger partial charge >= 0.3 is 0 Å². The summed E-state index contributed by atoms with van der Waals surface area (Å²) < 4.78 is 40.4. The summed E-state index contributed by atoms with van der Waals surface area (Å²) >= 11 is 6.12. The largest absolute Gasteiger partial charge is 0.325 e. The van der Waals surface area contributed by atoms with Crippen molar-refractivity contribution in [3.63, 3.8) is 0 Å². The number of halogens is 2. The smallest absolute Gasteiger partial charge is 0.245 e. The Balaban J connectivity index is 1.76. The normalized spacial score (nSPS) is 17.3. The fraction of sp³-hybridized carbons (Fsp3) is 0.0870. The summed E-state index contributed by atoms with van der Waals surface area (Å²) in [6.45, 7) is -0.819. The first kappa shape index (κ1) is 22.8. The summed E-state index contributed by atoms with van der Waals surface area (Å²) in [6.07, 6.45) is 0. The van der Waals surface area contributed by atoms with Crippen LogP contribution >= 0.6 is 11.6 Å². The third kappa shape index (κ3) is 4.30. The molecule has 4 rings (SSSR count). The van der Waals surface area contributed by atoms with Crippen LogP contribution in [0.25, 0.3) is 0 Å². The summed E-state index contributed by atoms with van der Waals surface area (Å²) in [5.41, 5.74) is 0.0330. The first-order valence-corrected chi connectivity index (χ1v) is 11.5. The molecule has 0 bridgehead atoms. The monoisotopic (exact) mass is 486 g/mol. The van der Waals surface area contributed by atoms with Crippen LogP contribution in [-0.2, 0) is 14.8 Å². The van der Waals surface area contributed by atoms with Crippen LogP contribution in [-0.4, -0.2) is 42.8 Å². The van der Waals surface area contributed by atoms with Crippen molar-refractivity contribution in [1.82, 2.24) is 4.31 Å². The Kier molecular flexibility index (Phi) is 6.11. The topological polar surface area (TPSA) is 101 Å². The second-order valence-electron chi connectivity index (χ2n) is 7.21. The lowest BCUT2D eigenvalue weighted by atomic mass is 9.95. The lowest BCUT2D eigenvalue weighted by Crippen LogP contribution is -2.55. The van der Waals surface area contributed by atoms with Crippen molar-refractivity contribution in [2.24, 2.45) is 0 Å². The van der Waals surface area contributed by atoms with Gasteiger partial charge in [0.1, 0.15) is 5.82 Å². The van der Waals surface area contributed by atoms with E-state index in [0.29, 0.717) is 4.31 Å². The first-order valence-electron chi connectivity index (χ1n) is 9.69. The van der Waals surface area contributed by atoms with E-state index in [1.54, 1.807) is 6.07 Å². The number of sulfonamides is 1. The molecule has 0 spiro atoms. The highest BCUT2D eigenvalue weighted by molar-refractivity contribution is 7.89. The van der Waals surface area contributed by atoms with Crippen molar-refractivity contribution in [2.75, 3.05) is 11.9 Å². The SMILES string of the molecule is O=C(CN1C(C(=O)c2ccccc2Cl)C(=O)c2ccccc2S1(=O)=O)Nc1ccc(F)cc1. The number of ketones is 2. The van der Waals surface area contributed by atoms with E-state index in [9.17, 15) is 27.2 Å². The van der Waals surface area contributed by atoms with Crippen LogP contribution in [0.1, 0.15) is 20.7 Å². The molecule has 0 radical (unpaired) electrons. The molecule has 3 aromatic rings. The number of anilines is 1. The minimum absolute atomic E-state index is 0.0438. The average Bonchev–Trinajstić information content (AvgIpc) is 2.79. The molecule has 0 fully saturated rings. The number of carbonyl (C=O) groups excluding carboxylic acids is 3. The first-order chi connectivity index (χ1) is 15.7. The third-order valence-electron chi connectivity index (χ3n) is 5.09. The molecule has 1 aliphatic rings. The number of benzene rings is 3. The Bertz CT molecular complexity index is 1380. The number of fused-ring (bicyclic) bond motifs is 1. The number of hydrogen-bond donors (Lipinski definition) is 1. The fourth-order valence-electron chi connectivity index (χ4n) is 3.55. The number of nitrogens with zero attached hydrogens (tertiary/aromatic N) is 1. The van der Waals surface area contributed by atoms with E-state index >= 15 is 0 Å². The quantitative estimate of drug-likeness (QED) is 0.439. The van der Waals surface area contributed by atoms with Crippen molar-refractivity contribution in [1.29, 1.82) is 0 Å². The van der Waals surface area contributed by atoms with Gasteiger partial charge in [0, 0.05) is 16.8 Å². The molecule has 3 aromatic carbocycles. The van der Waals surface area contributed by atoms with Gasteiger partial charge in [-0.1, -0.05) is 35.9 Å². The summed E-state index contributed by atoms with van der Waals surface area (Å²) in [6, 6.07) is 14.4. The van der Waals surface area contributed by atoms with Crippen LogP contribution < -0.4 is 5.32 Å². The standard InChI is InChI=1S/C23H16ClFN2O5S/c24-18-7-3-1-5-16(18)22(29)21-23(30)17-6-2-4-8-19(17)33(31,32)27(21)13-20(28)26-15-11-9-14(25)10-12-15/h1-12,21H,13H2,(H,26,28). The molecule has 1 N–H and O–H groups in total. The van der Waals surface area contributed by atoms with E-state index in [4.69, 9.17) is 11.6 Å². The molecule has 1 atom stereocenters. The van der Waals surface area contributed by atoms with E-state index in [0.717, 1.165) is 12.1 Å². The van der Waals surface area contributed by atoms with Gasteiger partial charge in [-0.2, -0.15) is 4.31 Å². The maximum Gasteiger partial charge on any atom is 0.245 e. The van der Waals surface area contributed by atoms with E-state index in [-0.39, 0.29) is 26.7 Å². The highest BCUT2D eigenvalue weighted by Crippen LogP contribution is 2.32. The highest BCUT2D eigenvalue weighted by atomic mass is 35.5. The zero-order chi connectivity index (χ0) is 23.8. The zero-order valence-corrected chi connectivity index (χ0v) is 18.4. The molecule has 0 aliphatic carbocycles. The van der Waals surface area contributed by atoms with Gasteiger partial charge in [0.05, 0.1) is 16.5 Å². The van der Waals surface area contributed by atoms with Crippen LogP contribution in [0.3, 0.4) is 0 Å². The Morgan fingerprint density at radius 1 is 0.970 bits per heavy atom. The van der Waals surface area contributed by atoms with Crippen molar-refractivity contribution >= 4 is 44.8 Å². The second-order valence-corrected chi connectivity index (χ2v) is 9.48. The number of carbonyl (C=O) groups is 3. The van der Waals surface area contributed by atoms with E-state index in [1.807, 2.05) is 0 Å². The van der Waals surface area contributed by atoms with Gasteiger partial charge in [0.2, 0.25) is 15.9 Å². The predicted molar refractivity (Wildman–Crippen MR) is 119 cm³/mol. The number of nitrogens with one attached hydrogen (secondary N) is 1. The van der Waals surface area contributed by atoms with Crippen molar-refractivity contribution in [3.8, 4) is 0 Å². The van der Waals surface area contributed by atoms with Crippen molar-refractivity contribution in [2.45, 2.75) is 10.9 Å². The molecule has 0 aromatic heterocycles. The van der Waals surface area contributed by atoms with Gasteiger partial charge in [-0.05, 0) is 48.5 Å². The number of hydrogen-bond acceptors (Lipinski definition) is 5. The Morgan fingerprint density at radius 3 is 2.30 bits per heavy atom. The molecule has 168 valence electrons.